The highest BCUT2D eigenvalue weighted by Gasteiger charge is 2.23. The Morgan fingerprint density at radius 2 is 1.89 bits per heavy atom. The average molecular weight is 372 g/mol. The predicted octanol–water partition coefficient (Wildman–Crippen LogP) is 5.33. The van der Waals surface area contributed by atoms with Crippen LogP contribution in [0.2, 0.25) is 0 Å². The van der Waals surface area contributed by atoms with Crippen molar-refractivity contribution in [3.63, 3.8) is 0 Å². The largest absolute Gasteiger partial charge is 0.497 e. The number of nitrogens with zero attached hydrogens (tertiary/aromatic N) is 2. The second kappa shape index (κ2) is 9.07. The van der Waals surface area contributed by atoms with Gasteiger partial charge in [-0.1, -0.05) is 47.5 Å². The van der Waals surface area contributed by atoms with E-state index in [4.69, 9.17) is 9.84 Å². The van der Waals surface area contributed by atoms with Crippen molar-refractivity contribution in [2.24, 2.45) is 5.92 Å². The second-order valence-corrected chi connectivity index (χ2v) is 8.01. The fraction of sp³-hybridized carbons (Fsp3) is 0.545. The lowest BCUT2D eigenvalue weighted by molar-refractivity contribution is -0.120. The summed E-state index contributed by atoms with van der Waals surface area (Å²) in [6, 6.07) is 9.67. The number of hydrogen-bond donors (Lipinski definition) is 1. The van der Waals surface area contributed by atoms with Gasteiger partial charge in [0.25, 0.3) is 0 Å². The third-order valence-corrected chi connectivity index (χ3v) is 4.82. The molecule has 5 heteroatoms. The Hall–Kier alpha value is -2.30. The highest BCUT2D eigenvalue weighted by molar-refractivity contribution is 5.92. The van der Waals surface area contributed by atoms with E-state index in [-0.39, 0.29) is 17.2 Å². The number of hydrogen-bond acceptors (Lipinski definition) is 3. The van der Waals surface area contributed by atoms with Crippen LogP contribution in [0.3, 0.4) is 0 Å². The number of unbranched alkanes of at least 4 members (excludes halogenated alkanes) is 1. The number of ether oxygens (including phenoxy) is 1. The normalized spacial score (nSPS) is 12.7. The fourth-order valence-electron chi connectivity index (χ4n) is 2.96. The monoisotopic (exact) mass is 371 g/mol. The summed E-state index contributed by atoms with van der Waals surface area (Å²) in [5, 5.41) is 7.89. The molecule has 5 nitrogen and oxygen atoms in total. The number of rotatable bonds is 8. The molecule has 2 aromatic rings. The Morgan fingerprint density at radius 3 is 2.41 bits per heavy atom. The van der Waals surface area contributed by atoms with Crippen LogP contribution < -0.4 is 10.1 Å². The number of nitrogens with one attached hydrogen (secondary N) is 1. The molecule has 0 aliphatic rings. The summed E-state index contributed by atoms with van der Waals surface area (Å²) in [5.74, 6) is 1.60. The molecule has 0 fully saturated rings. The molecule has 0 aliphatic carbocycles. The molecule has 27 heavy (non-hydrogen) atoms. The van der Waals surface area contributed by atoms with E-state index < -0.39 is 0 Å². The van der Waals surface area contributed by atoms with Gasteiger partial charge in [-0.2, -0.15) is 5.10 Å². The second-order valence-electron chi connectivity index (χ2n) is 8.01. The first-order valence-corrected chi connectivity index (χ1v) is 9.86. The molecule has 1 heterocycles. The molecule has 2 rings (SSSR count). The minimum absolute atomic E-state index is 0.0299. The van der Waals surface area contributed by atoms with Crippen molar-refractivity contribution < 1.29 is 9.53 Å². The molecule has 1 amide bonds. The maximum atomic E-state index is 12.8. The SMILES string of the molecule is CCCC[C@H](CC)C(=O)Nc1cc(C(C)(C)C)nn1-c1ccc(OC)cc1. The van der Waals surface area contributed by atoms with E-state index in [1.807, 2.05) is 35.0 Å². The van der Waals surface area contributed by atoms with Crippen molar-refractivity contribution in [3.05, 3.63) is 36.0 Å². The lowest BCUT2D eigenvalue weighted by Gasteiger charge is -2.15. The van der Waals surface area contributed by atoms with Gasteiger partial charge in [-0.05, 0) is 37.1 Å². The first-order valence-electron chi connectivity index (χ1n) is 9.86. The van der Waals surface area contributed by atoms with E-state index >= 15 is 0 Å². The average Bonchev–Trinajstić information content (AvgIpc) is 3.06. The molecule has 1 aromatic carbocycles. The number of anilines is 1. The molecule has 0 spiro atoms. The van der Waals surface area contributed by atoms with Crippen molar-refractivity contribution in [3.8, 4) is 11.4 Å². The van der Waals surface area contributed by atoms with Crippen LogP contribution in [0.1, 0.15) is 66.0 Å². The van der Waals surface area contributed by atoms with Gasteiger partial charge in [0, 0.05) is 17.4 Å². The van der Waals surface area contributed by atoms with Crippen molar-refractivity contribution in [2.75, 3.05) is 12.4 Å². The van der Waals surface area contributed by atoms with E-state index in [2.05, 4.69) is 39.9 Å². The Morgan fingerprint density at radius 1 is 1.22 bits per heavy atom. The summed E-state index contributed by atoms with van der Waals surface area (Å²) in [7, 11) is 1.65. The van der Waals surface area contributed by atoms with Gasteiger partial charge in [0.2, 0.25) is 5.91 Å². The molecule has 0 bridgehead atoms. The van der Waals surface area contributed by atoms with Crippen molar-refractivity contribution >= 4 is 11.7 Å². The molecule has 1 atom stereocenters. The van der Waals surface area contributed by atoms with Crippen LogP contribution in [-0.2, 0) is 10.2 Å². The smallest absolute Gasteiger partial charge is 0.228 e. The zero-order valence-electron chi connectivity index (χ0n) is 17.5. The molecular weight excluding hydrogens is 338 g/mol. The summed E-state index contributed by atoms with van der Waals surface area (Å²) in [6.45, 7) is 10.6. The predicted molar refractivity (Wildman–Crippen MR) is 111 cm³/mol. The van der Waals surface area contributed by atoms with E-state index in [0.29, 0.717) is 5.82 Å². The summed E-state index contributed by atoms with van der Waals surface area (Å²) < 4.78 is 7.05. The zero-order chi connectivity index (χ0) is 20.0. The topological polar surface area (TPSA) is 56.2 Å². The van der Waals surface area contributed by atoms with Crippen molar-refractivity contribution in [1.29, 1.82) is 0 Å². The maximum Gasteiger partial charge on any atom is 0.228 e. The third-order valence-electron chi connectivity index (χ3n) is 4.82. The maximum absolute atomic E-state index is 12.8. The summed E-state index contributed by atoms with van der Waals surface area (Å²) >= 11 is 0. The molecule has 0 unspecified atom stereocenters. The standard InChI is InChI=1S/C22H33N3O2/c1-7-9-10-16(8-2)21(26)23-20-15-19(22(3,4)5)24-25(20)17-11-13-18(27-6)14-12-17/h11-16H,7-10H2,1-6H3,(H,23,26)/t16-/m0/s1. The Bertz CT molecular complexity index is 742. The van der Waals surface area contributed by atoms with E-state index in [1.165, 1.54) is 0 Å². The lowest BCUT2D eigenvalue weighted by atomic mass is 9.92. The number of methoxy groups -OCH3 is 1. The van der Waals surface area contributed by atoms with Crippen molar-refractivity contribution in [2.45, 2.75) is 65.7 Å². The van der Waals surface area contributed by atoms with Gasteiger partial charge in [0.1, 0.15) is 11.6 Å². The lowest BCUT2D eigenvalue weighted by Crippen LogP contribution is -2.23. The minimum Gasteiger partial charge on any atom is -0.497 e. The number of carbonyl (C=O) groups is 1. The van der Waals surface area contributed by atoms with Crippen LogP contribution >= 0.6 is 0 Å². The molecule has 0 saturated heterocycles. The highest BCUT2D eigenvalue weighted by Crippen LogP contribution is 2.28. The summed E-state index contributed by atoms with van der Waals surface area (Å²) in [4.78, 5) is 12.8. The van der Waals surface area contributed by atoms with Gasteiger partial charge in [-0.15, -0.1) is 0 Å². The molecule has 1 aromatic heterocycles. The molecule has 0 saturated carbocycles. The molecule has 1 N–H and O–H groups in total. The van der Waals surface area contributed by atoms with Crippen LogP contribution in [0.15, 0.2) is 30.3 Å². The third kappa shape index (κ3) is 5.34. The van der Waals surface area contributed by atoms with Crippen LogP contribution in [0.5, 0.6) is 5.75 Å². The zero-order valence-corrected chi connectivity index (χ0v) is 17.5. The van der Waals surface area contributed by atoms with E-state index in [9.17, 15) is 4.79 Å². The van der Waals surface area contributed by atoms with E-state index in [1.54, 1.807) is 7.11 Å². The molecule has 0 aliphatic heterocycles. The summed E-state index contributed by atoms with van der Waals surface area (Å²) in [6.07, 6.45) is 3.93. The van der Waals surface area contributed by atoms with Crippen LogP contribution in [0, 0.1) is 5.92 Å². The van der Waals surface area contributed by atoms with Crippen LogP contribution in [-0.4, -0.2) is 22.8 Å². The quantitative estimate of drug-likeness (QED) is 0.682. The first kappa shape index (κ1) is 21.0. The first-order chi connectivity index (χ1) is 12.8. The number of amides is 1. The molecule has 0 radical (unpaired) electrons. The van der Waals surface area contributed by atoms with E-state index in [0.717, 1.165) is 42.8 Å². The Balaban J connectivity index is 2.35. The molecular formula is C22H33N3O2. The Labute approximate surface area is 163 Å². The highest BCUT2D eigenvalue weighted by atomic mass is 16.5. The van der Waals surface area contributed by atoms with Gasteiger partial charge in [0.15, 0.2) is 0 Å². The Kier molecular flexibility index (Phi) is 7.05. The number of benzene rings is 1. The van der Waals surface area contributed by atoms with Gasteiger partial charge in [-0.3, -0.25) is 4.79 Å². The summed E-state index contributed by atoms with van der Waals surface area (Å²) in [5.41, 5.74) is 1.72. The fourth-order valence-corrected chi connectivity index (χ4v) is 2.96. The number of carbonyl (C=O) groups excluding carboxylic acids is 1. The van der Waals surface area contributed by atoms with Crippen LogP contribution in [0.4, 0.5) is 5.82 Å². The van der Waals surface area contributed by atoms with Gasteiger partial charge < -0.3 is 10.1 Å². The minimum atomic E-state index is -0.108. The van der Waals surface area contributed by atoms with Gasteiger partial charge in [-0.25, -0.2) is 4.68 Å². The molecule has 148 valence electrons. The van der Waals surface area contributed by atoms with Gasteiger partial charge in [0.05, 0.1) is 18.5 Å². The van der Waals surface area contributed by atoms with Crippen LogP contribution in [0.25, 0.3) is 5.69 Å². The van der Waals surface area contributed by atoms with Gasteiger partial charge >= 0.3 is 0 Å². The number of aromatic nitrogens is 2. The van der Waals surface area contributed by atoms with Crippen molar-refractivity contribution in [1.82, 2.24) is 9.78 Å².